The van der Waals surface area contributed by atoms with Crippen molar-refractivity contribution in [1.82, 2.24) is 9.88 Å². The number of rotatable bonds is 7. The number of fused-ring (bicyclic) bond motifs is 1. The summed E-state index contributed by atoms with van der Waals surface area (Å²) in [4.78, 5) is 37.1. The predicted octanol–water partition coefficient (Wildman–Crippen LogP) is 6.23. The van der Waals surface area contributed by atoms with Gasteiger partial charge in [0.05, 0.1) is 21.6 Å². The Morgan fingerprint density at radius 1 is 1.12 bits per heavy atom. The third-order valence-corrected chi connectivity index (χ3v) is 9.09. The number of halogens is 4. The van der Waals surface area contributed by atoms with Gasteiger partial charge in [0.1, 0.15) is 11.3 Å². The molecule has 1 saturated carbocycles. The summed E-state index contributed by atoms with van der Waals surface area (Å²) >= 11 is 4.30. The number of oxime groups is 1. The molecule has 0 N–H and O–H groups in total. The van der Waals surface area contributed by atoms with Gasteiger partial charge in [-0.2, -0.15) is 18.2 Å². The van der Waals surface area contributed by atoms with Crippen molar-refractivity contribution >= 4 is 53.9 Å². The SMILES string of the molecule is O=c1nc(N2CCN(CC3CCC(=NOCc4ccc(Br)cc4)CC3)CC2)sc2c([N+](=O)[O-])cc(C(F)(F)F)cc12. The minimum atomic E-state index is -4.81. The second kappa shape index (κ2) is 12.4. The van der Waals surface area contributed by atoms with E-state index >= 15 is 0 Å². The van der Waals surface area contributed by atoms with E-state index in [0.29, 0.717) is 37.7 Å². The molecule has 2 heterocycles. The van der Waals surface area contributed by atoms with E-state index in [1.807, 2.05) is 29.2 Å². The molecule has 2 aliphatic rings. The van der Waals surface area contributed by atoms with E-state index in [4.69, 9.17) is 4.84 Å². The van der Waals surface area contributed by atoms with E-state index < -0.39 is 33.3 Å². The van der Waals surface area contributed by atoms with E-state index in [0.717, 1.165) is 72.4 Å². The van der Waals surface area contributed by atoms with Gasteiger partial charge in [0.25, 0.3) is 11.2 Å². The summed E-state index contributed by atoms with van der Waals surface area (Å²) in [7, 11) is 0. The second-order valence-corrected chi connectivity index (χ2v) is 12.1. The molecule has 3 aromatic rings. The molecule has 0 atom stereocenters. The van der Waals surface area contributed by atoms with Gasteiger partial charge in [0.2, 0.25) is 0 Å². The van der Waals surface area contributed by atoms with E-state index in [-0.39, 0.29) is 9.83 Å². The van der Waals surface area contributed by atoms with Crippen molar-refractivity contribution in [3.8, 4) is 0 Å². The topological polar surface area (TPSA) is 101 Å². The Morgan fingerprint density at radius 3 is 2.44 bits per heavy atom. The molecule has 2 fully saturated rings. The molecule has 0 spiro atoms. The van der Waals surface area contributed by atoms with Crippen LogP contribution in [-0.2, 0) is 17.6 Å². The Morgan fingerprint density at radius 2 is 1.80 bits per heavy atom. The maximum atomic E-state index is 13.2. The van der Waals surface area contributed by atoms with Crippen LogP contribution in [0.15, 0.2) is 50.8 Å². The van der Waals surface area contributed by atoms with Crippen LogP contribution in [0.25, 0.3) is 10.1 Å². The van der Waals surface area contributed by atoms with Gasteiger partial charge >= 0.3 is 6.18 Å². The minimum Gasteiger partial charge on any atom is -0.391 e. The van der Waals surface area contributed by atoms with Gasteiger partial charge in [-0.15, -0.1) is 0 Å². The standard InChI is InChI=1S/C27H27BrF3N5O4S/c28-20-5-1-18(2-6-20)16-40-33-21-7-3-17(4-8-21)15-34-9-11-35(12-10-34)26-32-25(37)22-13-19(27(29,30)31)14-23(36(38)39)24(22)41-26/h1-2,5-6,13-14,17H,3-4,7-12,15-16H2. The highest BCUT2D eigenvalue weighted by Crippen LogP contribution is 2.38. The molecule has 1 aliphatic heterocycles. The number of nitrogens with zero attached hydrogens (tertiary/aromatic N) is 5. The summed E-state index contributed by atoms with van der Waals surface area (Å²) in [6.45, 7) is 3.95. The predicted molar refractivity (Wildman–Crippen MR) is 155 cm³/mol. The zero-order valence-electron chi connectivity index (χ0n) is 21.9. The van der Waals surface area contributed by atoms with Crippen molar-refractivity contribution in [3.05, 3.63) is 72.5 Å². The lowest BCUT2D eigenvalue weighted by Crippen LogP contribution is -2.48. The lowest BCUT2D eigenvalue weighted by Gasteiger charge is -2.37. The average Bonchev–Trinajstić information content (AvgIpc) is 2.94. The summed E-state index contributed by atoms with van der Waals surface area (Å²) in [5.41, 5.74) is -0.732. The summed E-state index contributed by atoms with van der Waals surface area (Å²) in [5, 5.41) is 15.8. The van der Waals surface area contributed by atoms with Gasteiger partial charge < -0.3 is 9.74 Å². The minimum absolute atomic E-state index is 0.0964. The summed E-state index contributed by atoms with van der Waals surface area (Å²) in [5.74, 6) is 0.535. The van der Waals surface area contributed by atoms with E-state index in [2.05, 4.69) is 31.0 Å². The smallest absolute Gasteiger partial charge is 0.391 e. The van der Waals surface area contributed by atoms with Crippen LogP contribution in [0, 0.1) is 16.0 Å². The molecule has 14 heteroatoms. The number of non-ortho nitro benzene ring substituents is 1. The normalized spacial score (nSPS) is 18.5. The number of benzene rings is 2. The lowest BCUT2D eigenvalue weighted by atomic mass is 9.87. The second-order valence-electron chi connectivity index (χ2n) is 10.2. The first-order valence-electron chi connectivity index (χ1n) is 13.2. The molecule has 9 nitrogen and oxygen atoms in total. The number of nitro groups is 1. The van der Waals surface area contributed by atoms with E-state index in [9.17, 15) is 28.1 Å². The largest absolute Gasteiger partial charge is 0.416 e. The van der Waals surface area contributed by atoms with Crippen LogP contribution < -0.4 is 10.5 Å². The van der Waals surface area contributed by atoms with Gasteiger partial charge in [-0.05, 0) is 55.4 Å². The molecular weight excluding hydrogens is 627 g/mol. The quantitative estimate of drug-likeness (QED) is 0.220. The van der Waals surface area contributed by atoms with Gasteiger partial charge in [-0.1, -0.05) is 44.6 Å². The summed E-state index contributed by atoms with van der Waals surface area (Å²) in [6.07, 6.45) is -0.967. The molecule has 0 unspecified atom stereocenters. The molecule has 1 saturated heterocycles. The fourth-order valence-corrected chi connectivity index (χ4v) is 6.51. The Balaban J connectivity index is 1.15. The Kier molecular flexibility index (Phi) is 8.90. The van der Waals surface area contributed by atoms with Crippen LogP contribution in [0.5, 0.6) is 0 Å². The Bertz CT molecular complexity index is 1500. The van der Waals surface area contributed by atoms with Gasteiger partial charge in [0, 0.05) is 43.3 Å². The molecule has 1 aromatic heterocycles. The van der Waals surface area contributed by atoms with Crippen molar-refractivity contribution in [1.29, 1.82) is 0 Å². The molecule has 218 valence electrons. The zero-order chi connectivity index (χ0) is 29.1. The van der Waals surface area contributed by atoms with Crippen molar-refractivity contribution in [2.75, 3.05) is 37.6 Å². The number of alkyl halides is 3. The Labute approximate surface area is 245 Å². The maximum absolute atomic E-state index is 13.2. The first-order valence-corrected chi connectivity index (χ1v) is 14.8. The molecule has 2 aromatic carbocycles. The van der Waals surface area contributed by atoms with E-state index in [1.54, 1.807) is 0 Å². The number of hydrogen-bond acceptors (Lipinski definition) is 9. The third-order valence-electron chi connectivity index (χ3n) is 7.39. The molecule has 41 heavy (non-hydrogen) atoms. The monoisotopic (exact) mass is 653 g/mol. The highest BCUT2D eigenvalue weighted by molar-refractivity contribution is 9.10. The van der Waals surface area contributed by atoms with Gasteiger partial charge in [0.15, 0.2) is 5.13 Å². The maximum Gasteiger partial charge on any atom is 0.416 e. The van der Waals surface area contributed by atoms with Crippen molar-refractivity contribution in [3.63, 3.8) is 0 Å². The molecule has 1 aliphatic carbocycles. The summed E-state index contributed by atoms with van der Waals surface area (Å²) in [6, 6.07) is 9.06. The van der Waals surface area contributed by atoms with Crippen LogP contribution in [0.1, 0.15) is 36.8 Å². The first kappa shape index (κ1) is 29.4. The van der Waals surface area contributed by atoms with Gasteiger partial charge in [-0.25, -0.2) is 0 Å². The first-order chi connectivity index (χ1) is 19.6. The number of anilines is 1. The zero-order valence-corrected chi connectivity index (χ0v) is 24.3. The van der Waals surface area contributed by atoms with Crippen molar-refractivity contribution < 1.29 is 22.9 Å². The molecular formula is C27H27BrF3N5O4S. The van der Waals surface area contributed by atoms with Crippen LogP contribution in [0.3, 0.4) is 0 Å². The van der Waals surface area contributed by atoms with E-state index in [1.165, 1.54) is 0 Å². The van der Waals surface area contributed by atoms with Crippen LogP contribution >= 0.6 is 27.3 Å². The fourth-order valence-electron chi connectivity index (χ4n) is 5.13. The molecule has 0 radical (unpaired) electrons. The Hall–Kier alpha value is -3.10. The molecule has 5 rings (SSSR count). The average molecular weight is 655 g/mol. The number of nitro benzene ring substituents is 1. The highest BCUT2D eigenvalue weighted by atomic mass is 79.9. The number of aromatic nitrogens is 1. The van der Waals surface area contributed by atoms with Crippen LogP contribution in [0.2, 0.25) is 0 Å². The number of piperazine rings is 1. The highest BCUT2D eigenvalue weighted by Gasteiger charge is 2.34. The molecule has 0 bridgehead atoms. The summed E-state index contributed by atoms with van der Waals surface area (Å²) < 4.78 is 40.6. The lowest BCUT2D eigenvalue weighted by molar-refractivity contribution is -0.383. The molecule has 0 amide bonds. The third kappa shape index (κ3) is 7.22. The number of hydrogen-bond donors (Lipinski definition) is 0. The van der Waals surface area contributed by atoms with Crippen LogP contribution in [0.4, 0.5) is 24.0 Å². The van der Waals surface area contributed by atoms with Crippen molar-refractivity contribution in [2.45, 2.75) is 38.5 Å². The van der Waals surface area contributed by atoms with Crippen LogP contribution in [-0.4, -0.2) is 53.2 Å². The van der Waals surface area contributed by atoms with Gasteiger partial charge in [-0.3, -0.25) is 19.8 Å². The van der Waals surface area contributed by atoms with Crippen molar-refractivity contribution in [2.24, 2.45) is 11.1 Å². The fraction of sp³-hybridized carbons (Fsp3) is 0.444.